The fourth-order valence-corrected chi connectivity index (χ4v) is 1.51. The summed E-state index contributed by atoms with van der Waals surface area (Å²) in [7, 11) is -4.84. The van der Waals surface area contributed by atoms with Crippen molar-refractivity contribution in [2.24, 2.45) is 0 Å². The second kappa shape index (κ2) is 2.55. The lowest BCUT2D eigenvalue weighted by Gasteiger charge is -1.91. The molecule has 0 aliphatic carbocycles. The van der Waals surface area contributed by atoms with Crippen LogP contribution in [-0.2, 0) is 10.5 Å². The van der Waals surface area contributed by atoms with E-state index < -0.39 is 10.5 Å². The molecular weight excluding hydrogens is 179 g/mol. The molecule has 10 heavy (non-hydrogen) atoms. The summed E-state index contributed by atoms with van der Waals surface area (Å²) in [6.45, 7) is 0. The van der Waals surface area contributed by atoms with Crippen LogP contribution in [0, 0.1) is 0 Å². The smallest absolute Gasteiger partial charge is 0.347 e. The molecule has 0 fully saturated rings. The molecule has 1 aromatic heterocycles. The Morgan fingerprint density at radius 3 is 2.70 bits per heavy atom. The molecule has 0 atom stereocenters. The number of hydrogen-bond acceptors (Lipinski definition) is 4. The summed E-state index contributed by atoms with van der Waals surface area (Å²) >= 11 is 1.01. The van der Waals surface area contributed by atoms with E-state index in [1.54, 1.807) is 11.4 Å². The first-order valence-electron chi connectivity index (χ1n) is 2.25. The van der Waals surface area contributed by atoms with Gasteiger partial charge in [0.25, 0.3) is 0 Å². The van der Waals surface area contributed by atoms with Crippen molar-refractivity contribution in [2.75, 3.05) is 0 Å². The molecule has 0 radical (unpaired) electrons. The molecule has 1 rings (SSSR count). The van der Waals surface area contributed by atoms with E-state index in [0.29, 0.717) is 0 Å². The summed E-state index contributed by atoms with van der Waals surface area (Å²) in [5, 5.41) is 1.61. The Balaban J connectivity index is 2.75. The number of hydrogen-bond donors (Lipinski definition) is 0. The Kier molecular flexibility index (Phi) is 1.91. The van der Waals surface area contributed by atoms with E-state index in [4.69, 9.17) is 0 Å². The second-order valence-electron chi connectivity index (χ2n) is 1.41. The van der Waals surface area contributed by atoms with Crippen LogP contribution < -0.4 is 4.18 Å². The predicted molar refractivity (Wildman–Crippen MR) is 35.0 cm³/mol. The Morgan fingerprint density at radius 2 is 2.30 bits per heavy atom. The molecule has 0 saturated heterocycles. The van der Waals surface area contributed by atoms with Gasteiger partial charge in [0, 0.05) is 0 Å². The van der Waals surface area contributed by atoms with E-state index in [1.807, 2.05) is 0 Å². The van der Waals surface area contributed by atoms with Crippen LogP contribution in [0.1, 0.15) is 0 Å². The molecule has 56 valence electrons. The van der Waals surface area contributed by atoms with Crippen LogP contribution in [0.3, 0.4) is 0 Å². The van der Waals surface area contributed by atoms with Gasteiger partial charge in [-0.05, 0) is 17.5 Å². The third-order valence-corrected chi connectivity index (χ3v) is 1.91. The topological polar surface area (TPSA) is 43.4 Å². The Hall–Kier alpha value is -0.620. The summed E-state index contributed by atoms with van der Waals surface area (Å²) in [5.74, 6) is 0. The fraction of sp³-hybridized carbons (Fsp3) is 0. The van der Waals surface area contributed by atoms with Crippen molar-refractivity contribution in [3.05, 3.63) is 17.5 Å². The molecule has 1 aromatic rings. The average molecular weight is 182 g/mol. The van der Waals surface area contributed by atoms with Gasteiger partial charge < -0.3 is 4.18 Å². The Labute approximate surface area is 61.5 Å². The first-order chi connectivity index (χ1) is 4.58. The van der Waals surface area contributed by atoms with Crippen LogP contribution in [-0.4, -0.2) is 8.42 Å². The summed E-state index contributed by atoms with van der Waals surface area (Å²) in [4.78, 5) is 0. The zero-order chi connectivity index (χ0) is 7.61. The SMILES string of the molecule is O=S(=O)(F)Oc1cccs1. The zero-order valence-corrected chi connectivity index (χ0v) is 6.28. The largest absolute Gasteiger partial charge is 0.489 e. The highest BCUT2D eigenvalue weighted by Gasteiger charge is 2.08. The number of halogens is 1. The summed E-state index contributed by atoms with van der Waals surface area (Å²) < 4.78 is 35.2. The molecule has 1 heterocycles. The molecular formula is C4H3FO3S2. The molecule has 0 spiro atoms. The van der Waals surface area contributed by atoms with Gasteiger partial charge in [0.15, 0.2) is 5.06 Å². The second-order valence-corrected chi connectivity index (χ2v) is 3.27. The van der Waals surface area contributed by atoms with Crippen molar-refractivity contribution >= 4 is 21.8 Å². The van der Waals surface area contributed by atoms with Gasteiger partial charge in [0.05, 0.1) is 0 Å². The van der Waals surface area contributed by atoms with Gasteiger partial charge in [0.2, 0.25) is 0 Å². The highest BCUT2D eigenvalue weighted by atomic mass is 32.3. The lowest BCUT2D eigenvalue weighted by molar-refractivity contribution is 0.445. The Bertz CT molecular complexity index is 288. The van der Waals surface area contributed by atoms with Crippen molar-refractivity contribution in [2.45, 2.75) is 0 Å². The van der Waals surface area contributed by atoms with E-state index in [1.165, 1.54) is 6.07 Å². The van der Waals surface area contributed by atoms with E-state index in [-0.39, 0.29) is 5.06 Å². The van der Waals surface area contributed by atoms with E-state index in [0.717, 1.165) is 11.3 Å². The summed E-state index contributed by atoms with van der Waals surface area (Å²) in [6, 6.07) is 2.92. The molecule has 0 aliphatic rings. The lowest BCUT2D eigenvalue weighted by atomic mass is 10.7. The van der Waals surface area contributed by atoms with Crippen LogP contribution in [0.15, 0.2) is 17.5 Å². The van der Waals surface area contributed by atoms with Crippen LogP contribution in [0.4, 0.5) is 3.89 Å². The monoisotopic (exact) mass is 182 g/mol. The maximum Gasteiger partial charge on any atom is 0.489 e. The van der Waals surface area contributed by atoms with Crippen molar-refractivity contribution in [1.82, 2.24) is 0 Å². The zero-order valence-electron chi connectivity index (χ0n) is 4.65. The number of thiophene rings is 1. The van der Waals surface area contributed by atoms with Crippen molar-refractivity contribution in [3.8, 4) is 5.06 Å². The van der Waals surface area contributed by atoms with Crippen molar-refractivity contribution in [1.29, 1.82) is 0 Å². The quantitative estimate of drug-likeness (QED) is 0.648. The molecule has 0 aliphatic heterocycles. The van der Waals surface area contributed by atoms with Gasteiger partial charge in [-0.15, -0.1) is 11.3 Å². The predicted octanol–water partition coefficient (Wildman–Crippen LogP) is 1.34. The van der Waals surface area contributed by atoms with Gasteiger partial charge in [-0.3, -0.25) is 0 Å². The van der Waals surface area contributed by atoms with Gasteiger partial charge in [0.1, 0.15) is 0 Å². The van der Waals surface area contributed by atoms with Crippen LogP contribution in [0.5, 0.6) is 5.06 Å². The molecule has 0 saturated carbocycles. The van der Waals surface area contributed by atoms with E-state index in [9.17, 15) is 12.3 Å². The maximum atomic E-state index is 11.7. The molecule has 3 nitrogen and oxygen atoms in total. The molecule has 0 aromatic carbocycles. The summed E-state index contributed by atoms with van der Waals surface area (Å²) in [6.07, 6.45) is 0. The van der Waals surface area contributed by atoms with E-state index in [2.05, 4.69) is 4.18 Å². The first-order valence-corrected chi connectivity index (χ1v) is 4.44. The minimum absolute atomic E-state index is 0.0301. The van der Waals surface area contributed by atoms with Crippen LogP contribution in [0.2, 0.25) is 0 Å². The minimum atomic E-state index is -4.84. The molecule has 0 N–H and O–H groups in total. The van der Waals surface area contributed by atoms with Crippen LogP contribution in [0.25, 0.3) is 0 Å². The van der Waals surface area contributed by atoms with Gasteiger partial charge in [-0.25, -0.2) is 0 Å². The third-order valence-electron chi connectivity index (χ3n) is 0.677. The average Bonchev–Trinajstić information content (AvgIpc) is 2.12. The Morgan fingerprint density at radius 1 is 1.60 bits per heavy atom. The fourth-order valence-electron chi connectivity index (χ4n) is 0.409. The first kappa shape index (κ1) is 7.49. The van der Waals surface area contributed by atoms with Gasteiger partial charge in [-0.1, -0.05) is 3.89 Å². The van der Waals surface area contributed by atoms with E-state index >= 15 is 0 Å². The molecule has 0 unspecified atom stereocenters. The highest BCUT2D eigenvalue weighted by Crippen LogP contribution is 2.20. The maximum absolute atomic E-state index is 11.7. The molecule has 0 amide bonds. The highest BCUT2D eigenvalue weighted by molar-refractivity contribution is 7.82. The van der Waals surface area contributed by atoms with Crippen molar-refractivity contribution < 1.29 is 16.5 Å². The summed E-state index contributed by atoms with van der Waals surface area (Å²) in [5.41, 5.74) is 0. The lowest BCUT2D eigenvalue weighted by Crippen LogP contribution is -1.98. The minimum Gasteiger partial charge on any atom is -0.347 e. The normalized spacial score (nSPS) is 11.3. The van der Waals surface area contributed by atoms with Gasteiger partial charge in [-0.2, -0.15) is 8.42 Å². The van der Waals surface area contributed by atoms with Crippen LogP contribution >= 0.6 is 11.3 Å². The van der Waals surface area contributed by atoms with Gasteiger partial charge >= 0.3 is 10.5 Å². The third kappa shape index (κ3) is 2.32. The van der Waals surface area contributed by atoms with Crippen molar-refractivity contribution in [3.63, 3.8) is 0 Å². The molecule has 6 heteroatoms. The number of rotatable bonds is 2. The standard InChI is InChI=1S/C4H3FO3S2/c5-10(6,7)8-4-2-1-3-9-4/h1-3H. The molecule has 0 bridgehead atoms.